The first-order valence-electron chi connectivity index (χ1n) is 8.23. The average molecular weight is 319 g/mol. The van der Waals surface area contributed by atoms with Gasteiger partial charge in [0.05, 0.1) is 6.54 Å². The van der Waals surface area contributed by atoms with Crippen LogP contribution >= 0.6 is 0 Å². The molecular formula is C18H29N3O2. The van der Waals surface area contributed by atoms with Gasteiger partial charge in [-0.1, -0.05) is 52.0 Å². The summed E-state index contributed by atoms with van der Waals surface area (Å²) in [5, 5.41) is 3.26. The highest BCUT2D eigenvalue weighted by molar-refractivity contribution is 5.81. The highest BCUT2D eigenvalue weighted by atomic mass is 16.2. The van der Waals surface area contributed by atoms with Gasteiger partial charge in [-0.2, -0.15) is 0 Å². The smallest absolute Gasteiger partial charge is 0.252 e. The molecule has 1 aromatic carbocycles. The molecular weight excluding hydrogens is 290 g/mol. The van der Waals surface area contributed by atoms with E-state index in [2.05, 4.69) is 68.1 Å². The minimum atomic E-state index is -0.292. The van der Waals surface area contributed by atoms with Gasteiger partial charge in [0, 0.05) is 13.0 Å². The second kappa shape index (κ2) is 9.30. The highest BCUT2D eigenvalue weighted by Gasteiger charge is 2.17. The van der Waals surface area contributed by atoms with E-state index in [0.29, 0.717) is 11.8 Å². The molecule has 128 valence electrons. The van der Waals surface area contributed by atoms with E-state index in [1.54, 1.807) is 0 Å². The summed E-state index contributed by atoms with van der Waals surface area (Å²) in [6.07, 6.45) is 1.12. The lowest BCUT2D eigenvalue weighted by Crippen LogP contribution is -2.45. The fourth-order valence-corrected chi connectivity index (χ4v) is 2.41. The molecule has 0 saturated heterocycles. The maximum absolute atomic E-state index is 11.7. The first-order valence-corrected chi connectivity index (χ1v) is 8.23. The summed E-state index contributed by atoms with van der Waals surface area (Å²) in [4.78, 5) is 22.5. The van der Waals surface area contributed by atoms with E-state index in [0.717, 1.165) is 6.42 Å². The third-order valence-electron chi connectivity index (χ3n) is 4.00. The summed E-state index contributed by atoms with van der Waals surface area (Å²) in [6.45, 7) is 10.1. The van der Waals surface area contributed by atoms with Crippen molar-refractivity contribution in [3.63, 3.8) is 0 Å². The summed E-state index contributed by atoms with van der Waals surface area (Å²) < 4.78 is 0. The molecule has 0 aliphatic rings. The lowest BCUT2D eigenvalue weighted by Gasteiger charge is -2.23. The van der Waals surface area contributed by atoms with Crippen molar-refractivity contribution in [1.29, 1.82) is 0 Å². The lowest BCUT2D eigenvalue weighted by atomic mass is 9.92. The number of amides is 2. The second-order valence-corrected chi connectivity index (χ2v) is 6.31. The summed E-state index contributed by atoms with van der Waals surface area (Å²) in [5.74, 6) is 0.345. The van der Waals surface area contributed by atoms with Gasteiger partial charge in [-0.25, -0.2) is 0 Å². The molecule has 5 heteroatoms. The van der Waals surface area contributed by atoms with Crippen molar-refractivity contribution in [2.24, 2.45) is 5.92 Å². The zero-order valence-electron chi connectivity index (χ0n) is 14.8. The Labute approximate surface area is 139 Å². The molecule has 2 atom stereocenters. The van der Waals surface area contributed by atoms with Crippen LogP contribution in [-0.4, -0.2) is 18.4 Å². The van der Waals surface area contributed by atoms with E-state index >= 15 is 0 Å². The molecule has 0 aromatic heterocycles. The number of rotatable bonds is 7. The third-order valence-corrected chi connectivity index (χ3v) is 4.00. The predicted octanol–water partition coefficient (Wildman–Crippen LogP) is 2.65. The van der Waals surface area contributed by atoms with Gasteiger partial charge >= 0.3 is 0 Å². The molecule has 0 bridgehead atoms. The van der Waals surface area contributed by atoms with E-state index in [1.165, 1.54) is 18.1 Å². The zero-order valence-corrected chi connectivity index (χ0v) is 14.8. The fraction of sp³-hybridized carbons (Fsp3) is 0.556. The summed E-state index contributed by atoms with van der Waals surface area (Å²) >= 11 is 0. The molecule has 0 heterocycles. The Morgan fingerprint density at radius 3 is 2.04 bits per heavy atom. The number of benzene rings is 1. The molecule has 0 aliphatic heterocycles. The van der Waals surface area contributed by atoms with E-state index < -0.39 is 0 Å². The van der Waals surface area contributed by atoms with Crippen molar-refractivity contribution in [3.8, 4) is 0 Å². The Kier molecular flexibility index (Phi) is 7.75. The molecule has 23 heavy (non-hydrogen) atoms. The first-order chi connectivity index (χ1) is 10.8. The molecule has 0 fully saturated rings. The van der Waals surface area contributed by atoms with Crippen LogP contribution in [-0.2, 0) is 9.59 Å². The van der Waals surface area contributed by atoms with Crippen LogP contribution in [0.1, 0.15) is 64.1 Å². The van der Waals surface area contributed by atoms with E-state index in [-0.39, 0.29) is 24.4 Å². The van der Waals surface area contributed by atoms with E-state index in [1.807, 2.05) is 0 Å². The average Bonchev–Trinajstić information content (AvgIpc) is 2.52. The number of hydrazine groups is 1. The highest BCUT2D eigenvalue weighted by Crippen LogP contribution is 2.25. The van der Waals surface area contributed by atoms with E-state index in [4.69, 9.17) is 0 Å². The van der Waals surface area contributed by atoms with Crippen LogP contribution in [0.2, 0.25) is 0 Å². The summed E-state index contributed by atoms with van der Waals surface area (Å²) in [5.41, 5.74) is 7.15. The van der Waals surface area contributed by atoms with Gasteiger partial charge < -0.3 is 5.32 Å². The third kappa shape index (κ3) is 6.40. The molecule has 0 aliphatic carbocycles. The van der Waals surface area contributed by atoms with Crippen LogP contribution in [0.5, 0.6) is 0 Å². The fourth-order valence-electron chi connectivity index (χ4n) is 2.41. The molecule has 3 N–H and O–H groups in total. The van der Waals surface area contributed by atoms with Gasteiger partial charge in [0.2, 0.25) is 5.91 Å². The van der Waals surface area contributed by atoms with Crippen molar-refractivity contribution in [3.05, 3.63) is 35.4 Å². The molecule has 0 unspecified atom stereocenters. The number of carbonyl (C=O) groups excluding carboxylic acids is 2. The summed E-state index contributed by atoms with van der Waals surface area (Å²) in [6, 6.07) is 8.68. The number of hydrogen-bond acceptors (Lipinski definition) is 3. The molecule has 0 saturated carbocycles. The quantitative estimate of drug-likeness (QED) is 0.677. The Hall–Kier alpha value is -1.88. The van der Waals surface area contributed by atoms with Crippen LogP contribution in [0.15, 0.2) is 24.3 Å². The number of carbonyl (C=O) groups is 2. The Morgan fingerprint density at radius 2 is 1.57 bits per heavy atom. The topological polar surface area (TPSA) is 70.2 Å². The molecule has 2 amide bonds. The Morgan fingerprint density at radius 1 is 1.00 bits per heavy atom. The van der Waals surface area contributed by atoms with Crippen molar-refractivity contribution < 1.29 is 9.59 Å². The Balaban J connectivity index is 2.67. The van der Waals surface area contributed by atoms with E-state index in [9.17, 15) is 9.59 Å². The molecule has 0 radical (unpaired) electrons. The van der Waals surface area contributed by atoms with Crippen LogP contribution in [0.4, 0.5) is 0 Å². The lowest BCUT2D eigenvalue weighted by molar-refractivity contribution is -0.127. The van der Waals surface area contributed by atoms with Gasteiger partial charge in [0.25, 0.3) is 5.91 Å². The van der Waals surface area contributed by atoms with Gasteiger partial charge in [0.15, 0.2) is 0 Å². The second-order valence-electron chi connectivity index (χ2n) is 6.31. The maximum Gasteiger partial charge on any atom is 0.252 e. The Bertz CT molecular complexity index is 512. The van der Waals surface area contributed by atoms with Crippen LogP contribution in [0.3, 0.4) is 0 Å². The number of hydrogen-bond donors (Lipinski definition) is 3. The molecule has 1 aromatic rings. The minimum absolute atomic E-state index is 0.0871. The van der Waals surface area contributed by atoms with Gasteiger partial charge in [0.1, 0.15) is 0 Å². The van der Waals surface area contributed by atoms with Crippen molar-refractivity contribution in [2.45, 2.75) is 53.0 Å². The van der Waals surface area contributed by atoms with Crippen molar-refractivity contribution in [1.82, 2.24) is 16.2 Å². The predicted molar refractivity (Wildman–Crippen MR) is 92.7 cm³/mol. The van der Waals surface area contributed by atoms with Gasteiger partial charge in [-0.05, 0) is 29.4 Å². The largest absolute Gasteiger partial charge is 0.301 e. The monoisotopic (exact) mass is 319 g/mol. The number of nitrogens with one attached hydrogen (secondary N) is 3. The summed E-state index contributed by atoms with van der Waals surface area (Å²) in [7, 11) is 0. The van der Waals surface area contributed by atoms with Crippen LogP contribution in [0.25, 0.3) is 0 Å². The normalized spacial score (nSPS) is 13.5. The van der Waals surface area contributed by atoms with Gasteiger partial charge in [-0.3, -0.25) is 20.4 Å². The molecule has 1 rings (SSSR count). The van der Waals surface area contributed by atoms with Crippen LogP contribution in [0, 0.1) is 5.92 Å². The SMILES string of the molecule is CC[C@H](C)c1ccc([C@H](NCC(=O)NNC(C)=O)C(C)C)cc1. The van der Waals surface area contributed by atoms with Crippen molar-refractivity contribution >= 4 is 11.8 Å². The molecule has 5 nitrogen and oxygen atoms in total. The maximum atomic E-state index is 11.7. The van der Waals surface area contributed by atoms with Gasteiger partial charge in [-0.15, -0.1) is 0 Å². The van der Waals surface area contributed by atoms with Crippen molar-refractivity contribution in [2.75, 3.05) is 6.54 Å². The van der Waals surface area contributed by atoms with Crippen LogP contribution < -0.4 is 16.2 Å². The standard InChI is InChI=1S/C18H29N3O2/c1-6-13(4)15-7-9-16(10-8-15)18(12(2)3)19-11-17(23)21-20-14(5)22/h7-10,12-13,18-19H,6,11H2,1-5H3,(H,20,22)(H,21,23)/t13-,18+/m0/s1. The minimum Gasteiger partial charge on any atom is -0.301 e. The first kappa shape index (κ1) is 19.2. The molecule has 0 spiro atoms. The zero-order chi connectivity index (χ0) is 17.4.